The molecule has 1 amide bonds. The van der Waals surface area contributed by atoms with Crippen molar-refractivity contribution in [2.24, 2.45) is 11.3 Å². The Labute approximate surface area is 90.4 Å². The summed E-state index contributed by atoms with van der Waals surface area (Å²) < 4.78 is 5.26. The number of carbonyl (C=O) groups excluding carboxylic acids is 2. The Morgan fingerprint density at radius 3 is 2.13 bits per heavy atom. The fourth-order valence-electron chi connectivity index (χ4n) is 1.71. The molecule has 4 nitrogen and oxygen atoms in total. The first kappa shape index (κ1) is 12.0. The molecule has 86 valence electrons. The van der Waals surface area contributed by atoms with Crippen LogP contribution < -0.4 is 5.32 Å². The lowest BCUT2D eigenvalue weighted by Crippen LogP contribution is -2.40. The van der Waals surface area contributed by atoms with Crippen molar-refractivity contribution in [2.45, 2.75) is 39.7 Å². The summed E-state index contributed by atoms with van der Waals surface area (Å²) in [7, 11) is 1.54. The number of nitrogens with one attached hydrogen (secondary N) is 1. The van der Waals surface area contributed by atoms with Crippen molar-refractivity contribution in [3.8, 4) is 0 Å². The molecule has 1 rings (SSSR count). The Morgan fingerprint density at radius 2 is 1.87 bits per heavy atom. The van der Waals surface area contributed by atoms with Gasteiger partial charge in [0.05, 0.1) is 0 Å². The van der Waals surface area contributed by atoms with Gasteiger partial charge in [-0.05, 0) is 33.1 Å². The lowest BCUT2D eigenvalue weighted by molar-refractivity contribution is -0.165. The van der Waals surface area contributed by atoms with Crippen LogP contribution in [-0.4, -0.2) is 24.5 Å². The van der Waals surface area contributed by atoms with E-state index in [-0.39, 0.29) is 11.8 Å². The smallest absolute Gasteiger partial charge is 0.322 e. The molecule has 4 heteroatoms. The van der Waals surface area contributed by atoms with Crippen LogP contribution in [-0.2, 0) is 14.3 Å². The molecular weight excluding hydrogens is 194 g/mol. The maximum absolute atomic E-state index is 11.9. The summed E-state index contributed by atoms with van der Waals surface area (Å²) in [6.45, 7) is 7.29. The molecule has 0 unspecified atom stereocenters. The molecule has 0 spiro atoms. The topological polar surface area (TPSA) is 55.4 Å². The van der Waals surface area contributed by atoms with Crippen LogP contribution in [0.3, 0.4) is 0 Å². The van der Waals surface area contributed by atoms with Crippen molar-refractivity contribution in [3.05, 3.63) is 0 Å². The molecule has 0 bridgehead atoms. The van der Waals surface area contributed by atoms with E-state index in [2.05, 4.69) is 5.32 Å². The average Bonchev–Trinajstić information content (AvgIpc) is 2.74. The van der Waals surface area contributed by atoms with Crippen molar-refractivity contribution in [3.63, 3.8) is 0 Å². The molecule has 1 fully saturated rings. The molecular formula is C11H19NO3. The van der Waals surface area contributed by atoms with Gasteiger partial charge in [0.15, 0.2) is 0 Å². The lowest BCUT2D eigenvalue weighted by atomic mass is 10.0. The number of amides is 1. The van der Waals surface area contributed by atoms with Gasteiger partial charge in [-0.25, -0.2) is 0 Å². The summed E-state index contributed by atoms with van der Waals surface area (Å²) in [5, 5.41) is 2.53. The number of carbonyl (C=O) groups is 2. The van der Waals surface area contributed by atoms with Crippen molar-refractivity contribution >= 4 is 11.9 Å². The molecule has 0 saturated heterocycles. The van der Waals surface area contributed by atoms with Crippen LogP contribution in [0, 0.1) is 11.3 Å². The molecule has 0 aromatic carbocycles. The number of ether oxygens (including phenoxy) is 1. The SMILES string of the molecule is CNC(=O)[C@@]1(C(=O)OC(C)(C)C)C[C@H]1C. The predicted molar refractivity (Wildman–Crippen MR) is 56.1 cm³/mol. The molecule has 0 radical (unpaired) electrons. The number of hydrogen-bond donors (Lipinski definition) is 1. The second kappa shape index (κ2) is 3.51. The highest BCUT2D eigenvalue weighted by atomic mass is 16.6. The molecule has 1 N–H and O–H groups in total. The first-order valence-corrected chi connectivity index (χ1v) is 5.19. The van der Waals surface area contributed by atoms with E-state index < -0.39 is 17.0 Å². The zero-order valence-corrected chi connectivity index (χ0v) is 10.0. The monoisotopic (exact) mass is 213 g/mol. The first-order chi connectivity index (χ1) is 6.74. The van der Waals surface area contributed by atoms with Gasteiger partial charge in [0.2, 0.25) is 5.91 Å². The summed E-state index contributed by atoms with van der Waals surface area (Å²) >= 11 is 0. The van der Waals surface area contributed by atoms with E-state index in [1.165, 1.54) is 0 Å². The summed E-state index contributed by atoms with van der Waals surface area (Å²) in [4.78, 5) is 23.5. The molecule has 1 saturated carbocycles. The fraction of sp³-hybridized carbons (Fsp3) is 0.818. The minimum absolute atomic E-state index is 0.0762. The van der Waals surface area contributed by atoms with E-state index in [1.807, 2.05) is 6.92 Å². The van der Waals surface area contributed by atoms with Crippen LogP contribution in [0.1, 0.15) is 34.1 Å². The summed E-state index contributed by atoms with van der Waals surface area (Å²) in [5.74, 6) is -0.557. The van der Waals surface area contributed by atoms with E-state index in [0.717, 1.165) is 0 Å². The van der Waals surface area contributed by atoms with Gasteiger partial charge in [0, 0.05) is 7.05 Å². The van der Waals surface area contributed by atoms with Gasteiger partial charge in [0.25, 0.3) is 0 Å². The quantitative estimate of drug-likeness (QED) is 0.552. The Bertz CT molecular complexity index is 293. The van der Waals surface area contributed by atoms with Crippen LogP contribution >= 0.6 is 0 Å². The van der Waals surface area contributed by atoms with Gasteiger partial charge in [0.1, 0.15) is 11.0 Å². The van der Waals surface area contributed by atoms with Gasteiger partial charge >= 0.3 is 5.97 Å². The summed E-state index contributed by atoms with van der Waals surface area (Å²) in [5.41, 5.74) is -1.47. The lowest BCUT2D eigenvalue weighted by Gasteiger charge is -2.23. The van der Waals surface area contributed by atoms with Gasteiger partial charge < -0.3 is 10.1 Å². The number of hydrogen-bond acceptors (Lipinski definition) is 3. The van der Waals surface area contributed by atoms with Crippen LogP contribution in [0.5, 0.6) is 0 Å². The van der Waals surface area contributed by atoms with Crippen LogP contribution in [0.15, 0.2) is 0 Å². The highest BCUT2D eigenvalue weighted by Crippen LogP contribution is 2.53. The minimum atomic E-state index is -0.929. The third-order valence-electron chi connectivity index (χ3n) is 2.70. The second-order valence-electron chi connectivity index (χ2n) is 5.16. The predicted octanol–water partition coefficient (Wildman–Crippen LogP) is 1.10. The zero-order valence-electron chi connectivity index (χ0n) is 10.0. The minimum Gasteiger partial charge on any atom is -0.459 e. The van der Waals surface area contributed by atoms with Crippen LogP contribution in [0.2, 0.25) is 0 Å². The molecule has 0 aromatic heterocycles. The van der Waals surface area contributed by atoms with E-state index in [1.54, 1.807) is 27.8 Å². The number of esters is 1. The molecule has 2 atom stereocenters. The van der Waals surface area contributed by atoms with E-state index in [4.69, 9.17) is 4.74 Å². The molecule has 15 heavy (non-hydrogen) atoms. The summed E-state index contributed by atoms with van der Waals surface area (Å²) in [6, 6.07) is 0. The fourth-order valence-corrected chi connectivity index (χ4v) is 1.71. The highest BCUT2D eigenvalue weighted by molar-refractivity contribution is 6.06. The zero-order chi connectivity index (χ0) is 11.9. The molecule has 1 aliphatic rings. The molecule has 0 heterocycles. The first-order valence-electron chi connectivity index (χ1n) is 5.19. The maximum Gasteiger partial charge on any atom is 0.322 e. The van der Waals surface area contributed by atoms with E-state index in [9.17, 15) is 9.59 Å². The summed E-state index contributed by atoms with van der Waals surface area (Å²) in [6.07, 6.45) is 0.585. The normalized spacial score (nSPS) is 29.5. The van der Waals surface area contributed by atoms with Crippen molar-refractivity contribution in [1.82, 2.24) is 5.32 Å². The van der Waals surface area contributed by atoms with E-state index in [0.29, 0.717) is 6.42 Å². The number of rotatable bonds is 2. The highest BCUT2D eigenvalue weighted by Gasteiger charge is 2.64. The third kappa shape index (κ3) is 2.13. The average molecular weight is 213 g/mol. The van der Waals surface area contributed by atoms with Crippen LogP contribution in [0.4, 0.5) is 0 Å². The van der Waals surface area contributed by atoms with Gasteiger partial charge in [-0.2, -0.15) is 0 Å². The van der Waals surface area contributed by atoms with Crippen molar-refractivity contribution in [1.29, 1.82) is 0 Å². The van der Waals surface area contributed by atoms with Gasteiger partial charge in [-0.3, -0.25) is 9.59 Å². The second-order valence-corrected chi connectivity index (χ2v) is 5.16. The molecule has 0 aromatic rings. The molecule has 1 aliphatic carbocycles. The largest absolute Gasteiger partial charge is 0.459 e. The Balaban J connectivity index is 2.77. The van der Waals surface area contributed by atoms with Gasteiger partial charge in [-0.1, -0.05) is 6.92 Å². The van der Waals surface area contributed by atoms with Crippen molar-refractivity contribution in [2.75, 3.05) is 7.05 Å². The Kier molecular flexibility index (Phi) is 2.81. The third-order valence-corrected chi connectivity index (χ3v) is 2.70. The Hall–Kier alpha value is -1.06. The van der Waals surface area contributed by atoms with Crippen molar-refractivity contribution < 1.29 is 14.3 Å². The standard InChI is InChI=1S/C11H19NO3/c1-7-6-11(7,8(13)12-5)9(14)15-10(2,3)4/h7H,6H2,1-5H3,(H,12,13)/t7-,11-/m1/s1. The Morgan fingerprint density at radius 1 is 1.40 bits per heavy atom. The molecule has 0 aliphatic heterocycles. The van der Waals surface area contributed by atoms with Crippen LogP contribution in [0.25, 0.3) is 0 Å². The van der Waals surface area contributed by atoms with Gasteiger partial charge in [-0.15, -0.1) is 0 Å². The van der Waals surface area contributed by atoms with E-state index >= 15 is 0 Å². The maximum atomic E-state index is 11.9.